The first-order valence-corrected chi connectivity index (χ1v) is 8.98. The van der Waals surface area contributed by atoms with Crippen molar-refractivity contribution in [2.24, 2.45) is 0 Å². The van der Waals surface area contributed by atoms with E-state index in [1.54, 1.807) is 45.5 Å². The summed E-state index contributed by atoms with van der Waals surface area (Å²) in [4.78, 5) is 25.7. The zero-order valence-corrected chi connectivity index (χ0v) is 16.7. The predicted molar refractivity (Wildman–Crippen MR) is 109 cm³/mol. The summed E-state index contributed by atoms with van der Waals surface area (Å²) in [6.45, 7) is 0.989. The van der Waals surface area contributed by atoms with Gasteiger partial charge in [-0.1, -0.05) is 6.07 Å². The van der Waals surface area contributed by atoms with Crippen LogP contribution in [-0.4, -0.2) is 58.1 Å². The van der Waals surface area contributed by atoms with E-state index in [0.717, 1.165) is 18.5 Å². The van der Waals surface area contributed by atoms with Gasteiger partial charge in [-0.05, 0) is 55.4 Å². The average molecular weight is 385 g/mol. The van der Waals surface area contributed by atoms with E-state index in [1.807, 2.05) is 30.1 Å². The average Bonchev–Trinajstić information content (AvgIpc) is 2.71. The van der Waals surface area contributed by atoms with Gasteiger partial charge >= 0.3 is 0 Å². The first-order valence-electron chi connectivity index (χ1n) is 8.98. The predicted octanol–water partition coefficient (Wildman–Crippen LogP) is 2.18. The van der Waals surface area contributed by atoms with Crippen molar-refractivity contribution in [1.29, 1.82) is 0 Å². The number of methoxy groups -OCH3 is 2. The lowest BCUT2D eigenvalue weighted by molar-refractivity contribution is -0.117. The SMILES string of the molecule is CNC(=O)c1ccc(NC(=O)CN(C)CCc2ccc(OC)c(OC)c2)cc1. The molecule has 0 fully saturated rings. The highest BCUT2D eigenvalue weighted by atomic mass is 16.5. The van der Waals surface area contributed by atoms with Crippen molar-refractivity contribution in [2.75, 3.05) is 46.7 Å². The maximum absolute atomic E-state index is 12.2. The number of anilines is 1. The molecule has 0 radical (unpaired) electrons. The summed E-state index contributed by atoms with van der Waals surface area (Å²) < 4.78 is 10.6. The Morgan fingerprint density at radius 3 is 2.29 bits per heavy atom. The van der Waals surface area contributed by atoms with Crippen LogP contribution in [0, 0.1) is 0 Å². The molecule has 2 aromatic rings. The molecular weight excluding hydrogens is 358 g/mol. The number of nitrogens with one attached hydrogen (secondary N) is 2. The fourth-order valence-corrected chi connectivity index (χ4v) is 2.73. The highest BCUT2D eigenvalue weighted by Gasteiger charge is 2.10. The van der Waals surface area contributed by atoms with E-state index in [0.29, 0.717) is 22.7 Å². The first kappa shape index (κ1) is 21.2. The van der Waals surface area contributed by atoms with Gasteiger partial charge in [-0.15, -0.1) is 0 Å². The monoisotopic (exact) mass is 385 g/mol. The summed E-state index contributed by atoms with van der Waals surface area (Å²) >= 11 is 0. The second-order valence-corrected chi connectivity index (χ2v) is 6.38. The van der Waals surface area contributed by atoms with Crippen LogP contribution in [0.15, 0.2) is 42.5 Å². The van der Waals surface area contributed by atoms with Crippen LogP contribution in [-0.2, 0) is 11.2 Å². The minimum absolute atomic E-state index is 0.109. The van der Waals surface area contributed by atoms with E-state index in [9.17, 15) is 9.59 Å². The van der Waals surface area contributed by atoms with Gasteiger partial charge in [0.05, 0.1) is 20.8 Å². The molecule has 0 heterocycles. The Morgan fingerprint density at radius 2 is 1.68 bits per heavy atom. The van der Waals surface area contributed by atoms with E-state index in [-0.39, 0.29) is 18.4 Å². The topological polar surface area (TPSA) is 79.9 Å². The highest BCUT2D eigenvalue weighted by Crippen LogP contribution is 2.27. The third kappa shape index (κ3) is 5.99. The van der Waals surface area contributed by atoms with Crippen LogP contribution in [0.25, 0.3) is 0 Å². The lowest BCUT2D eigenvalue weighted by Crippen LogP contribution is -2.31. The van der Waals surface area contributed by atoms with E-state index in [1.165, 1.54) is 0 Å². The molecule has 7 nitrogen and oxygen atoms in total. The van der Waals surface area contributed by atoms with Crippen LogP contribution >= 0.6 is 0 Å². The molecule has 0 spiro atoms. The van der Waals surface area contributed by atoms with Crippen molar-refractivity contribution >= 4 is 17.5 Å². The molecule has 0 bridgehead atoms. The first-order chi connectivity index (χ1) is 13.5. The number of benzene rings is 2. The maximum Gasteiger partial charge on any atom is 0.251 e. The minimum Gasteiger partial charge on any atom is -0.493 e. The quantitative estimate of drug-likeness (QED) is 0.692. The van der Waals surface area contributed by atoms with Crippen molar-refractivity contribution in [2.45, 2.75) is 6.42 Å². The number of carbonyl (C=O) groups excluding carboxylic acids is 2. The molecule has 28 heavy (non-hydrogen) atoms. The number of nitrogens with zero attached hydrogens (tertiary/aromatic N) is 1. The van der Waals surface area contributed by atoms with Crippen LogP contribution in [0.2, 0.25) is 0 Å². The van der Waals surface area contributed by atoms with Gasteiger partial charge in [0.1, 0.15) is 0 Å². The molecule has 0 unspecified atom stereocenters. The van der Waals surface area contributed by atoms with E-state index in [4.69, 9.17) is 9.47 Å². The van der Waals surface area contributed by atoms with Crippen LogP contribution in [0.3, 0.4) is 0 Å². The molecule has 2 aromatic carbocycles. The summed E-state index contributed by atoms with van der Waals surface area (Å²) in [5.74, 6) is 1.12. The molecule has 2 rings (SSSR count). The fourth-order valence-electron chi connectivity index (χ4n) is 2.73. The zero-order valence-electron chi connectivity index (χ0n) is 16.7. The molecule has 150 valence electrons. The third-order valence-electron chi connectivity index (χ3n) is 4.30. The number of carbonyl (C=O) groups is 2. The van der Waals surface area contributed by atoms with Crippen molar-refractivity contribution in [1.82, 2.24) is 10.2 Å². The molecular formula is C21H27N3O4. The molecule has 0 aliphatic rings. The van der Waals surface area contributed by atoms with Gasteiger partial charge in [-0.3, -0.25) is 14.5 Å². The van der Waals surface area contributed by atoms with Crippen LogP contribution in [0.1, 0.15) is 15.9 Å². The number of likely N-dealkylation sites (N-methyl/N-ethyl adjacent to an activating group) is 1. The van der Waals surface area contributed by atoms with Crippen molar-refractivity contribution in [3.05, 3.63) is 53.6 Å². The second-order valence-electron chi connectivity index (χ2n) is 6.38. The summed E-state index contributed by atoms with van der Waals surface area (Å²) in [6, 6.07) is 12.6. The Kier molecular flexibility index (Phi) is 7.83. The van der Waals surface area contributed by atoms with Crippen LogP contribution in [0.4, 0.5) is 5.69 Å². The summed E-state index contributed by atoms with van der Waals surface area (Å²) in [6.07, 6.45) is 0.783. The Balaban J connectivity index is 1.83. The van der Waals surface area contributed by atoms with Crippen LogP contribution in [0.5, 0.6) is 11.5 Å². The van der Waals surface area contributed by atoms with Crippen molar-refractivity contribution in [3.8, 4) is 11.5 Å². The molecule has 0 aromatic heterocycles. The van der Waals surface area contributed by atoms with Gasteiger partial charge in [0.15, 0.2) is 11.5 Å². The van der Waals surface area contributed by atoms with Crippen molar-refractivity contribution < 1.29 is 19.1 Å². The van der Waals surface area contributed by atoms with Gasteiger partial charge < -0.3 is 20.1 Å². The molecule has 0 aliphatic carbocycles. The Labute approximate surface area is 165 Å². The summed E-state index contributed by atoms with van der Waals surface area (Å²) in [7, 11) is 6.69. The van der Waals surface area contributed by atoms with Gasteiger partial charge in [0, 0.05) is 24.8 Å². The van der Waals surface area contributed by atoms with Gasteiger partial charge in [0.2, 0.25) is 5.91 Å². The Hall–Kier alpha value is -3.06. The van der Waals surface area contributed by atoms with Gasteiger partial charge in [-0.2, -0.15) is 0 Å². The minimum atomic E-state index is -0.159. The number of hydrogen-bond acceptors (Lipinski definition) is 5. The number of ether oxygens (including phenoxy) is 2. The third-order valence-corrected chi connectivity index (χ3v) is 4.30. The van der Waals surface area contributed by atoms with Gasteiger partial charge in [0.25, 0.3) is 5.91 Å². The molecule has 2 N–H and O–H groups in total. The molecule has 2 amide bonds. The molecule has 0 atom stereocenters. The normalized spacial score (nSPS) is 10.5. The largest absolute Gasteiger partial charge is 0.493 e. The second kappa shape index (κ2) is 10.3. The maximum atomic E-state index is 12.2. The zero-order chi connectivity index (χ0) is 20.5. The van der Waals surface area contributed by atoms with E-state index >= 15 is 0 Å². The van der Waals surface area contributed by atoms with Crippen molar-refractivity contribution in [3.63, 3.8) is 0 Å². The Bertz CT molecular complexity index is 806. The number of hydrogen-bond donors (Lipinski definition) is 2. The molecule has 0 saturated carbocycles. The smallest absolute Gasteiger partial charge is 0.251 e. The van der Waals surface area contributed by atoms with Crippen LogP contribution < -0.4 is 20.1 Å². The molecule has 7 heteroatoms. The highest BCUT2D eigenvalue weighted by molar-refractivity contribution is 5.96. The molecule has 0 aliphatic heterocycles. The molecule has 0 saturated heterocycles. The Morgan fingerprint density at radius 1 is 1.00 bits per heavy atom. The van der Waals surface area contributed by atoms with E-state index in [2.05, 4.69) is 10.6 Å². The summed E-state index contributed by atoms with van der Waals surface area (Å²) in [5, 5.41) is 5.40. The van der Waals surface area contributed by atoms with E-state index < -0.39 is 0 Å². The summed E-state index contributed by atoms with van der Waals surface area (Å²) in [5.41, 5.74) is 2.31. The number of rotatable bonds is 9. The lowest BCUT2D eigenvalue weighted by Gasteiger charge is -2.17. The number of amides is 2. The lowest BCUT2D eigenvalue weighted by atomic mass is 10.1. The van der Waals surface area contributed by atoms with Gasteiger partial charge in [-0.25, -0.2) is 0 Å². The fraction of sp³-hybridized carbons (Fsp3) is 0.333. The standard InChI is InChI=1S/C21H27N3O4/c1-22-21(26)16-6-8-17(9-7-16)23-20(25)14-24(2)12-11-15-5-10-18(27-3)19(13-15)28-4/h5-10,13H,11-12,14H2,1-4H3,(H,22,26)(H,23,25).